The van der Waals surface area contributed by atoms with E-state index in [9.17, 15) is 9.18 Å². The highest BCUT2D eigenvalue weighted by Gasteiger charge is 2.35. The number of halogens is 1. The van der Waals surface area contributed by atoms with Crippen molar-refractivity contribution in [3.05, 3.63) is 59.2 Å². The van der Waals surface area contributed by atoms with Gasteiger partial charge in [-0.15, -0.1) is 0 Å². The van der Waals surface area contributed by atoms with Crippen molar-refractivity contribution in [2.75, 3.05) is 27.4 Å². The number of allylic oxidation sites excluding steroid dienone is 1. The van der Waals surface area contributed by atoms with E-state index in [1.54, 1.807) is 49.2 Å². The number of hydrogen-bond donors (Lipinski definition) is 1. The molecule has 28 heavy (non-hydrogen) atoms. The lowest BCUT2D eigenvalue weighted by atomic mass is 10.0. The monoisotopic (exact) mass is 404 g/mol. The van der Waals surface area contributed by atoms with Gasteiger partial charge in [0.25, 0.3) is 0 Å². The summed E-state index contributed by atoms with van der Waals surface area (Å²) in [6.07, 6.45) is 0. The maximum atomic E-state index is 14.1. The van der Waals surface area contributed by atoms with E-state index in [1.807, 2.05) is 0 Å². The summed E-state index contributed by atoms with van der Waals surface area (Å²) in [4.78, 5) is 14.4. The Kier molecular flexibility index (Phi) is 6.11. The van der Waals surface area contributed by atoms with Crippen molar-refractivity contribution >= 4 is 23.3 Å². The van der Waals surface area contributed by atoms with Gasteiger partial charge in [0.2, 0.25) is 0 Å². The third kappa shape index (κ3) is 3.93. The highest BCUT2D eigenvalue weighted by molar-refractivity contribution is 7.80. The van der Waals surface area contributed by atoms with E-state index in [0.717, 1.165) is 0 Å². The van der Waals surface area contributed by atoms with Crippen LogP contribution in [0.3, 0.4) is 0 Å². The lowest BCUT2D eigenvalue weighted by Crippen LogP contribution is -2.46. The predicted octanol–water partition coefficient (Wildman–Crippen LogP) is 3.41. The molecule has 0 fully saturated rings. The number of esters is 1. The van der Waals surface area contributed by atoms with E-state index in [1.165, 1.54) is 13.2 Å². The summed E-state index contributed by atoms with van der Waals surface area (Å²) in [5.41, 5.74) is 1.37. The maximum Gasteiger partial charge on any atom is 0.338 e. The SMILES string of the molecule is COCCOC(=O)C1=C(C)N(C)C(=S)N[C@@H]1c1ccc(-c2ccccc2F)o1. The van der Waals surface area contributed by atoms with Crippen LogP contribution < -0.4 is 5.32 Å². The zero-order valence-corrected chi connectivity index (χ0v) is 16.6. The van der Waals surface area contributed by atoms with E-state index in [2.05, 4.69) is 5.32 Å². The molecule has 2 heterocycles. The molecule has 2 aromatic rings. The van der Waals surface area contributed by atoms with Crippen molar-refractivity contribution in [2.24, 2.45) is 0 Å². The average Bonchev–Trinajstić information content (AvgIpc) is 3.16. The van der Waals surface area contributed by atoms with Crippen LogP contribution in [0.1, 0.15) is 18.7 Å². The van der Waals surface area contributed by atoms with Crippen LogP contribution in [-0.4, -0.2) is 43.4 Å². The molecule has 1 atom stereocenters. The van der Waals surface area contributed by atoms with E-state index in [-0.39, 0.29) is 12.4 Å². The Balaban J connectivity index is 1.95. The third-order valence-electron chi connectivity index (χ3n) is 4.55. The molecule has 0 bridgehead atoms. The fourth-order valence-corrected chi connectivity index (χ4v) is 3.18. The predicted molar refractivity (Wildman–Crippen MR) is 106 cm³/mol. The molecule has 0 saturated carbocycles. The van der Waals surface area contributed by atoms with Crippen molar-refractivity contribution in [1.29, 1.82) is 0 Å². The molecule has 6 nitrogen and oxygen atoms in total. The van der Waals surface area contributed by atoms with Gasteiger partial charge in [-0.2, -0.15) is 0 Å². The van der Waals surface area contributed by atoms with Crippen molar-refractivity contribution in [3.8, 4) is 11.3 Å². The smallest absolute Gasteiger partial charge is 0.338 e. The minimum absolute atomic E-state index is 0.131. The molecular weight excluding hydrogens is 383 g/mol. The van der Waals surface area contributed by atoms with Crippen LogP contribution >= 0.6 is 12.2 Å². The highest BCUT2D eigenvalue weighted by atomic mass is 32.1. The van der Waals surface area contributed by atoms with Crippen LogP contribution in [0.2, 0.25) is 0 Å². The minimum atomic E-state index is -0.640. The number of carbonyl (C=O) groups is 1. The second-order valence-electron chi connectivity index (χ2n) is 6.25. The highest BCUT2D eigenvalue weighted by Crippen LogP contribution is 2.34. The lowest BCUT2D eigenvalue weighted by molar-refractivity contribution is -0.141. The second-order valence-corrected chi connectivity index (χ2v) is 6.64. The lowest BCUT2D eigenvalue weighted by Gasteiger charge is -2.34. The Hall–Kier alpha value is -2.71. The van der Waals surface area contributed by atoms with Gasteiger partial charge in [0.1, 0.15) is 30.0 Å². The van der Waals surface area contributed by atoms with Crippen molar-refractivity contribution in [1.82, 2.24) is 10.2 Å². The summed E-state index contributed by atoms with van der Waals surface area (Å²) in [6, 6.07) is 9.06. The molecule has 3 rings (SSSR count). The summed E-state index contributed by atoms with van der Waals surface area (Å²) in [6.45, 7) is 2.21. The van der Waals surface area contributed by atoms with Gasteiger partial charge in [0, 0.05) is 19.9 Å². The van der Waals surface area contributed by atoms with Crippen LogP contribution in [0.5, 0.6) is 0 Å². The summed E-state index contributed by atoms with van der Waals surface area (Å²) in [5.74, 6) is -0.0809. The molecule has 0 amide bonds. The maximum absolute atomic E-state index is 14.1. The molecule has 1 aliphatic heterocycles. The molecule has 0 spiro atoms. The largest absolute Gasteiger partial charge is 0.460 e. The van der Waals surface area contributed by atoms with Crippen LogP contribution in [0.25, 0.3) is 11.3 Å². The molecule has 1 aliphatic rings. The molecule has 0 radical (unpaired) electrons. The summed E-state index contributed by atoms with van der Waals surface area (Å²) < 4.78 is 30.2. The number of furan rings is 1. The number of hydrogen-bond acceptors (Lipinski definition) is 5. The van der Waals surface area contributed by atoms with Gasteiger partial charge in [0.05, 0.1) is 17.7 Å². The first-order valence-corrected chi connectivity index (χ1v) is 9.10. The fourth-order valence-electron chi connectivity index (χ4n) is 2.92. The topological polar surface area (TPSA) is 63.9 Å². The van der Waals surface area contributed by atoms with Crippen LogP contribution in [0.15, 0.2) is 52.1 Å². The van der Waals surface area contributed by atoms with Gasteiger partial charge in [0.15, 0.2) is 5.11 Å². The quantitative estimate of drug-likeness (QED) is 0.450. The van der Waals surface area contributed by atoms with Gasteiger partial charge in [-0.1, -0.05) is 12.1 Å². The Morgan fingerprint density at radius 3 is 2.75 bits per heavy atom. The molecule has 1 aromatic heterocycles. The van der Waals surface area contributed by atoms with Crippen molar-refractivity contribution < 1.29 is 23.1 Å². The van der Waals surface area contributed by atoms with Crippen molar-refractivity contribution in [2.45, 2.75) is 13.0 Å². The Labute approximate surface area is 167 Å². The molecular formula is C20H21FN2O4S. The molecule has 148 valence electrons. The Morgan fingerprint density at radius 2 is 2.04 bits per heavy atom. The fraction of sp³-hybridized carbons (Fsp3) is 0.300. The Morgan fingerprint density at radius 1 is 1.29 bits per heavy atom. The number of carbonyl (C=O) groups excluding carboxylic acids is 1. The van der Waals surface area contributed by atoms with Crippen LogP contribution in [0.4, 0.5) is 4.39 Å². The van der Waals surface area contributed by atoms with Gasteiger partial charge >= 0.3 is 5.97 Å². The number of rotatable bonds is 6. The van der Waals surface area contributed by atoms with E-state index in [0.29, 0.717) is 40.1 Å². The first kappa shape index (κ1) is 20.0. The molecule has 0 saturated heterocycles. The summed E-state index contributed by atoms with van der Waals surface area (Å²) in [5, 5.41) is 3.54. The van der Waals surface area contributed by atoms with E-state index >= 15 is 0 Å². The first-order valence-electron chi connectivity index (χ1n) is 8.69. The summed E-state index contributed by atoms with van der Waals surface area (Å²) in [7, 11) is 3.29. The van der Waals surface area contributed by atoms with Crippen LogP contribution in [-0.2, 0) is 14.3 Å². The standard InChI is InChI=1S/C20H21FN2O4S/c1-12-17(19(24)26-11-10-25-3)18(22-20(28)23(12)2)16-9-8-15(27-16)13-6-4-5-7-14(13)21/h4-9,18H,10-11H2,1-3H3,(H,22,28)/t18-/m1/s1. The number of methoxy groups -OCH3 is 1. The summed E-state index contributed by atoms with van der Waals surface area (Å²) >= 11 is 5.36. The second kappa shape index (κ2) is 8.53. The minimum Gasteiger partial charge on any atom is -0.460 e. The first-order chi connectivity index (χ1) is 13.4. The number of ether oxygens (including phenoxy) is 2. The average molecular weight is 404 g/mol. The van der Waals surface area contributed by atoms with E-state index < -0.39 is 12.0 Å². The van der Waals surface area contributed by atoms with Gasteiger partial charge < -0.3 is 24.1 Å². The van der Waals surface area contributed by atoms with E-state index in [4.69, 9.17) is 26.1 Å². The van der Waals surface area contributed by atoms with Crippen LogP contribution in [0, 0.1) is 5.82 Å². The molecule has 0 aliphatic carbocycles. The number of benzene rings is 1. The molecule has 8 heteroatoms. The molecule has 0 unspecified atom stereocenters. The van der Waals surface area contributed by atoms with Gasteiger partial charge in [-0.3, -0.25) is 0 Å². The zero-order valence-electron chi connectivity index (χ0n) is 15.8. The molecule has 1 aromatic carbocycles. The van der Waals surface area contributed by atoms with Crippen molar-refractivity contribution in [3.63, 3.8) is 0 Å². The third-order valence-corrected chi connectivity index (χ3v) is 4.94. The normalized spacial score (nSPS) is 16.9. The number of nitrogens with zero attached hydrogens (tertiary/aromatic N) is 1. The van der Waals surface area contributed by atoms with Gasteiger partial charge in [-0.05, 0) is 43.4 Å². The zero-order chi connectivity index (χ0) is 20.3. The number of nitrogens with one attached hydrogen (secondary N) is 1. The number of thiocarbonyl (C=S) groups is 1. The van der Waals surface area contributed by atoms with Gasteiger partial charge in [-0.25, -0.2) is 9.18 Å². The Bertz CT molecular complexity index is 924. The molecule has 1 N–H and O–H groups in total.